The Morgan fingerprint density at radius 2 is 2.00 bits per heavy atom. The molecule has 0 saturated heterocycles. The first kappa shape index (κ1) is 9.85. The van der Waals surface area contributed by atoms with Crippen LogP contribution in [0.3, 0.4) is 0 Å². The molecule has 1 N–H and O–H groups in total. The Bertz CT molecular complexity index is 251. The van der Waals surface area contributed by atoms with Crippen LogP contribution in [0.4, 0.5) is 0 Å². The van der Waals surface area contributed by atoms with Gasteiger partial charge in [0, 0.05) is 12.5 Å². The lowest BCUT2D eigenvalue weighted by Crippen LogP contribution is -2.02. The third-order valence-electron chi connectivity index (χ3n) is 2.03. The van der Waals surface area contributed by atoms with Crippen molar-refractivity contribution in [2.75, 3.05) is 6.54 Å². The van der Waals surface area contributed by atoms with Gasteiger partial charge in [0.25, 0.3) is 0 Å². The van der Waals surface area contributed by atoms with Crippen LogP contribution in [0.25, 0.3) is 0 Å². The van der Waals surface area contributed by atoms with Crippen LogP contribution < -0.4 is 5.32 Å². The third kappa shape index (κ3) is 3.32. The maximum atomic E-state index is 3.17. The van der Waals surface area contributed by atoms with Gasteiger partial charge in [-0.25, -0.2) is 0 Å². The lowest BCUT2D eigenvalue weighted by atomic mass is 10.0. The van der Waals surface area contributed by atoms with Gasteiger partial charge >= 0.3 is 0 Å². The average Bonchev–Trinajstić information content (AvgIpc) is 2.19. The summed E-state index contributed by atoms with van der Waals surface area (Å²) in [5.41, 5.74) is 1.36. The highest BCUT2D eigenvalue weighted by Gasteiger charge is 1.97. The summed E-state index contributed by atoms with van der Waals surface area (Å²) in [5, 5.41) is 3.17. The van der Waals surface area contributed by atoms with Crippen LogP contribution in [0.2, 0.25) is 0 Å². The lowest BCUT2D eigenvalue weighted by molar-refractivity contribution is 0.888. The van der Waals surface area contributed by atoms with E-state index in [1.165, 1.54) is 5.56 Å². The molecule has 0 bridgehead atoms. The smallest absolute Gasteiger partial charge is 0.0112 e. The maximum Gasteiger partial charge on any atom is 0.0112 e. The van der Waals surface area contributed by atoms with Gasteiger partial charge in [-0.3, -0.25) is 0 Å². The maximum absolute atomic E-state index is 3.17. The summed E-state index contributed by atoms with van der Waals surface area (Å²) in [6, 6.07) is 10.5. The number of rotatable bonds is 4. The second kappa shape index (κ2) is 5.41. The second-order valence-electron chi connectivity index (χ2n) is 3.12. The Kier molecular flexibility index (Phi) is 4.10. The van der Waals surface area contributed by atoms with Crippen molar-refractivity contribution in [1.82, 2.24) is 5.32 Å². The van der Waals surface area contributed by atoms with Crippen LogP contribution in [0.5, 0.6) is 0 Å². The number of nitrogens with one attached hydrogen (secondary N) is 1. The van der Waals surface area contributed by atoms with E-state index in [1.807, 2.05) is 12.3 Å². The molecule has 0 saturated carbocycles. The van der Waals surface area contributed by atoms with Gasteiger partial charge < -0.3 is 5.32 Å². The van der Waals surface area contributed by atoms with E-state index in [9.17, 15) is 0 Å². The largest absolute Gasteiger partial charge is 0.391 e. The summed E-state index contributed by atoms with van der Waals surface area (Å²) < 4.78 is 0. The molecule has 0 amide bonds. The first-order valence-corrected chi connectivity index (χ1v) is 4.79. The van der Waals surface area contributed by atoms with Gasteiger partial charge in [-0.15, -0.1) is 0 Å². The van der Waals surface area contributed by atoms with Gasteiger partial charge in [0.15, 0.2) is 0 Å². The minimum atomic E-state index is 0.486. The first-order valence-electron chi connectivity index (χ1n) is 4.79. The molecule has 0 spiro atoms. The molecule has 0 aliphatic rings. The van der Waals surface area contributed by atoms with Crippen LogP contribution >= 0.6 is 0 Å². The molecule has 70 valence electrons. The first-order chi connectivity index (χ1) is 6.34. The highest BCUT2D eigenvalue weighted by atomic mass is 14.8. The highest BCUT2D eigenvalue weighted by Crippen LogP contribution is 2.14. The van der Waals surface area contributed by atoms with E-state index in [-0.39, 0.29) is 0 Å². The summed E-state index contributed by atoms with van der Waals surface area (Å²) in [7, 11) is 0. The summed E-state index contributed by atoms with van der Waals surface area (Å²) in [5.74, 6) is 0.486. The zero-order chi connectivity index (χ0) is 9.52. The molecule has 1 heteroatoms. The van der Waals surface area contributed by atoms with Crippen molar-refractivity contribution in [2.24, 2.45) is 0 Å². The molecule has 1 aromatic carbocycles. The van der Waals surface area contributed by atoms with Crippen LogP contribution in [-0.2, 0) is 0 Å². The Morgan fingerprint density at radius 3 is 2.62 bits per heavy atom. The molecule has 1 unspecified atom stereocenters. The fourth-order valence-corrected chi connectivity index (χ4v) is 1.20. The van der Waals surface area contributed by atoms with Gasteiger partial charge in [-0.2, -0.15) is 0 Å². The predicted molar refractivity (Wildman–Crippen MR) is 57.7 cm³/mol. The van der Waals surface area contributed by atoms with Crippen molar-refractivity contribution in [3.05, 3.63) is 48.2 Å². The molecular weight excluding hydrogens is 158 g/mol. The highest BCUT2D eigenvalue weighted by molar-refractivity contribution is 5.22. The molecule has 0 aliphatic heterocycles. The molecule has 1 nitrogen and oxygen atoms in total. The Hall–Kier alpha value is -1.24. The summed E-state index contributed by atoms with van der Waals surface area (Å²) in [6.07, 6.45) is 4.20. The molecule has 1 aromatic rings. The van der Waals surface area contributed by atoms with Crippen LogP contribution in [0, 0.1) is 0 Å². The molecule has 13 heavy (non-hydrogen) atoms. The van der Waals surface area contributed by atoms with Crippen molar-refractivity contribution < 1.29 is 0 Å². The molecule has 0 fully saturated rings. The minimum absolute atomic E-state index is 0.486. The summed E-state index contributed by atoms with van der Waals surface area (Å²) >= 11 is 0. The van der Waals surface area contributed by atoms with Gasteiger partial charge in [-0.05, 0) is 18.7 Å². The van der Waals surface area contributed by atoms with Crippen LogP contribution in [0.1, 0.15) is 25.3 Å². The quantitative estimate of drug-likeness (QED) is 0.742. The molecular formula is C12H17N. The van der Waals surface area contributed by atoms with E-state index in [0.29, 0.717) is 5.92 Å². The van der Waals surface area contributed by atoms with E-state index < -0.39 is 0 Å². The normalized spacial score (nSPS) is 13.1. The Balaban J connectivity index is 2.53. The molecule has 0 aliphatic carbocycles. The topological polar surface area (TPSA) is 12.0 Å². The Morgan fingerprint density at radius 1 is 1.31 bits per heavy atom. The number of hydrogen-bond acceptors (Lipinski definition) is 1. The monoisotopic (exact) mass is 175 g/mol. The molecule has 1 rings (SSSR count). The SMILES string of the molecule is CCNC=CC(C)c1ccccc1. The number of allylic oxidation sites excluding steroid dienone is 1. The number of benzene rings is 1. The van der Waals surface area contributed by atoms with Gasteiger partial charge in [0.2, 0.25) is 0 Å². The van der Waals surface area contributed by atoms with E-state index in [2.05, 4.69) is 49.5 Å². The van der Waals surface area contributed by atoms with Crippen molar-refractivity contribution >= 4 is 0 Å². The van der Waals surface area contributed by atoms with E-state index in [1.54, 1.807) is 0 Å². The molecule has 0 radical (unpaired) electrons. The minimum Gasteiger partial charge on any atom is -0.391 e. The zero-order valence-electron chi connectivity index (χ0n) is 8.33. The van der Waals surface area contributed by atoms with Crippen LogP contribution in [0.15, 0.2) is 42.6 Å². The lowest BCUT2D eigenvalue weighted by Gasteiger charge is -2.05. The van der Waals surface area contributed by atoms with Gasteiger partial charge in [0.1, 0.15) is 0 Å². The zero-order valence-corrected chi connectivity index (χ0v) is 8.33. The average molecular weight is 175 g/mol. The predicted octanol–water partition coefficient (Wildman–Crippen LogP) is 2.91. The third-order valence-corrected chi connectivity index (χ3v) is 2.03. The standard InChI is InChI=1S/C12H17N/c1-3-13-10-9-11(2)12-7-5-4-6-8-12/h4-11,13H,3H2,1-2H3. The van der Waals surface area contributed by atoms with E-state index >= 15 is 0 Å². The fourth-order valence-electron chi connectivity index (χ4n) is 1.20. The number of hydrogen-bond donors (Lipinski definition) is 1. The fraction of sp³-hybridized carbons (Fsp3) is 0.333. The van der Waals surface area contributed by atoms with Crippen molar-refractivity contribution in [3.8, 4) is 0 Å². The van der Waals surface area contributed by atoms with Crippen LogP contribution in [-0.4, -0.2) is 6.54 Å². The van der Waals surface area contributed by atoms with Gasteiger partial charge in [-0.1, -0.05) is 43.3 Å². The second-order valence-corrected chi connectivity index (χ2v) is 3.12. The van der Waals surface area contributed by atoms with E-state index in [4.69, 9.17) is 0 Å². The summed E-state index contributed by atoms with van der Waals surface area (Å²) in [6.45, 7) is 5.28. The molecule has 1 atom stereocenters. The molecule has 0 heterocycles. The molecule has 0 aromatic heterocycles. The van der Waals surface area contributed by atoms with Gasteiger partial charge in [0.05, 0.1) is 0 Å². The van der Waals surface area contributed by atoms with Crippen molar-refractivity contribution in [1.29, 1.82) is 0 Å². The van der Waals surface area contributed by atoms with Crippen molar-refractivity contribution in [2.45, 2.75) is 19.8 Å². The van der Waals surface area contributed by atoms with E-state index in [0.717, 1.165) is 6.54 Å². The Labute approximate surface area is 80.5 Å². The summed E-state index contributed by atoms with van der Waals surface area (Å²) in [4.78, 5) is 0. The van der Waals surface area contributed by atoms with Crippen molar-refractivity contribution in [3.63, 3.8) is 0 Å².